The molecular formula is C37H88F22N2O7. The average molecular weight is 1090 g/mol. The predicted molar refractivity (Wildman–Crippen MR) is 230 cm³/mol. The van der Waals surface area contributed by atoms with E-state index < -0.39 is 83.8 Å². The average Bonchev–Trinajstić information content (AvgIpc) is 3.10. The summed E-state index contributed by atoms with van der Waals surface area (Å²) in [6.45, 7) is -1.50. The summed E-state index contributed by atoms with van der Waals surface area (Å²) in [6, 6.07) is -0.685. The van der Waals surface area contributed by atoms with Crippen LogP contribution in [0.2, 0.25) is 0 Å². The molecule has 0 aliphatic rings. The smallest absolute Gasteiger partial charge is 0.377 e. The largest absolute Gasteiger partial charge is 0.416 e. The van der Waals surface area contributed by atoms with Gasteiger partial charge in [0.25, 0.3) is 5.91 Å². The lowest BCUT2D eigenvalue weighted by Crippen LogP contribution is -2.37. The quantitative estimate of drug-likeness (QED) is 0.0773. The minimum absolute atomic E-state index is 0. The highest BCUT2D eigenvalue weighted by Gasteiger charge is 2.28. The Kier molecular flexibility index (Phi) is 188. The number of alkyl halides is 19. The van der Waals surface area contributed by atoms with E-state index in [4.69, 9.17) is 14.2 Å². The topological polar surface area (TPSA) is 104 Å². The Balaban J connectivity index is -0.0000000264. The molecule has 0 bridgehead atoms. The van der Waals surface area contributed by atoms with Gasteiger partial charge in [0, 0.05) is 12.5 Å². The van der Waals surface area contributed by atoms with Crippen molar-refractivity contribution in [3.05, 3.63) is 0 Å². The first kappa shape index (κ1) is 126. The van der Waals surface area contributed by atoms with Crippen LogP contribution in [0.1, 0.15) is 108 Å². The van der Waals surface area contributed by atoms with Gasteiger partial charge in [-0.2, -0.15) is 49.4 Å². The summed E-state index contributed by atoms with van der Waals surface area (Å²) in [6.07, 6.45) is -15.6. The van der Waals surface area contributed by atoms with Gasteiger partial charge in [0.2, 0.25) is 20.8 Å². The monoisotopic (exact) mass is 1090 g/mol. The van der Waals surface area contributed by atoms with E-state index in [1.807, 2.05) is 6.92 Å². The lowest BCUT2D eigenvalue weighted by Gasteiger charge is -2.17. The third kappa shape index (κ3) is 251. The Morgan fingerprint density at radius 1 is 0.544 bits per heavy atom. The molecule has 0 aromatic heterocycles. The van der Waals surface area contributed by atoms with Crippen LogP contribution >= 0.6 is 0 Å². The molecule has 68 heavy (non-hydrogen) atoms. The number of ether oxygens (including phenoxy) is 3. The van der Waals surface area contributed by atoms with Crippen LogP contribution in [0, 0.1) is 0 Å². The second kappa shape index (κ2) is 102. The minimum atomic E-state index is -4.62. The van der Waals surface area contributed by atoms with Crippen LogP contribution in [-0.2, 0) is 28.9 Å². The molecule has 442 valence electrons. The SMILES string of the molecule is C.C.C.C.C.C.C.C.C.CC(COCC(C)OCCOCC(C)NC(=O)CF)NC(=O)F.CCC(F)(F)F.CCF.CF.COF.FCC(F)(F)F.FCF.FCF.FCF.FOCC(F)(F)F. The summed E-state index contributed by atoms with van der Waals surface area (Å²) in [5.41, 5.74) is 0. The van der Waals surface area contributed by atoms with E-state index in [0.29, 0.717) is 27.0 Å². The molecule has 0 aliphatic carbocycles. The van der Waals surface area contributed by atoms with Crippen LogP contribution in [0.3, 0.4) is 0 Å². The first-order valence-corrected chi connectivity index (χ1v) is 15.1. The van der Waals surface area contributed by atoms with Crippen molar-refractivity contribution in [3.63, 3.8) is 0 Å². The highest BCUT2D eigenvalue weighted by molar-refractivity contribution is 5.77. The van der Waals surface area contributed by atoms with Crippen molar-refractivity contribution in [1.29, 1.82) is 0 Å². The van der Waals surface area contributed by atoms with Crippen molar-refractivity contribution in [2.75, 3.05) is 94.7 Å². The highest BCUT2D eigenvalue weighted by Crippen LogP contribution is 2.17. The zero-order valence-electron chi connectivity index (χ0n) is 32.6. The molecule has 2 amide bonds. The van der Waals surface area contributed by atoms with Crippen molar-refractivity contribution >= 4 is 12.1 Å². The van der Waals surface area contributed by atoms with Crippen molar-refractivity contribution in [3.8, 4) is 0 Å². The third-order valence-electron chi connectivity index (χ3n) is 3.38. The molecule has 0 aromatic rings. The maximum Gasteiger partial charge on any atom is 0.416 e. The van der Waals surface area contributed by atoms with Gasteiger partial charge in [0.05, 0.1) is 66.1 Å². The fourth-order valence-electron chi connectivity index (χ4n) is 1.68. The summed E-state index contributed by atoms with van der Waals surface area (Å²) >= 11 is 0. The van der Waals surface area contributed by atoms with Gasteiger partial charge in [-0.3, -0.25) is 13.6 Å². The maximum absolute atomic E-state index is 12.0. The van der Waals surface area contributed by atoms with Gasteiger partial charge in [-0.05, 0) is 36.7 Å². The molecule has 2 N–H and O–H groups in total. The molecule has 3 atom stereocenters. The van der Waals surface area contributed by atoms with Crippen LogP contribution < -0.4 is 10.6 Å². The van der Waals surface area contributed by atoms with Crippen LogP contribution in [-0.4, -0.2) is 144 Å². The van der Waals surface area contributed by atoms with Crippen LogP contribution in [0.4, 0.5) is 102 Å². The Bertz CT molecular complexity index is 733. The number of hydrogen-bond acceptors (Lipinski definition) is 7. The van der Waals surface area contributed by atoms with Crippen LogP contribution in [0.15, 0.2) is 0 Å². The number of amides is 2. The van der Waals surface area contributed by atoms with E-state index in [0.717, 1.165) is 14.0 Å². The molecule has 0 heterocycles. The molecule has 0 rings (SSSR count). The molecule has 0 aliphatic heterocycles. The molecule has 0 saturated heterocycles. The fraction of sp³-hybridized carbons (Fsp3) is 0.946. The zero-order valence-corrected chi connectivity index (χ0v) is 32.6. The van der Waals surface area contributed by atoms with Crippen LogP contribution in [0.5, 0.6) is 0 Å². The normalized spacial score (nSPS) is 9.78. The first-order valence-electron chi connectivity index (χ1n) is 15.1. The molecule has 0 saturated carbocycles. The van der Waals surface area contributed by atoms with E-state index in [2.05, 4.69) is 20.5 Å². The van der Waals surface area contributed by atoms with Gasteiger partial charge in [-0.15, -0.1) is 4.39 Å². The minimum Gasteiger partial charge on any atom is -0.377 e. The van der Waals surface area contributed by atoms with Gasteiger partial charge in [-0.1, -0.05) is 73.8 Å². The van der Waals surface area contributed by atoms with Crippen molar-refractivity contribution < 1.29 is 131 Å². The number of halogens is 22. The lowest BCUT2D eigenvalue weighted by molar-refractivity contribution is -0.245. The number of nitrogens with one attached hydrogen (secondary N) is 2. The molecule has 9 nitrogen and oxygen atoms in total. The molecule has 0 fully saturated rings. The van der Waals surface area contributed by atoms with Gasteiger partial charge in [0.1, 0.15) is 0 Å². The Labute approximate surface area is 392 Å². The maximum atomic E-state index is 12.0. The summed E-state index contributed by atoms with van der Waals surface area (Å²) < 4.78 is 244. The molecule has 0 radical (unpaired) electrons. The standard InChI is InChI=1S/C14H26F2N2O5.C3H5F3.C2H2F4O.C2H2F4.C2H5F.3CH2F2.CH3FO.CH3F.9CH4/c1-10(17-13(19)6-15)7-21-4-5-23-12(3)9-22-8-11(2)18-14(16)20;1-2-3(4,5)6;3-2(4,5)1-7-6;3-1-2(4,5)6;1-2-3;3*2-1-3;1-3-2;1-2;;;;;;;;;/h10-12H,4-9H2,1-3H3,(H,17,19)(H,18,20);2H2,1H3;1H2;1H2;2H2,1H3;3*1H2;1H3;1H3;9*1H4. The van der Waals surface area contributed by atoms with Crippen molar-refractivity contribution in [2.24, 2.45) is 0 Å². The van der Waals surface area contributed by atoms with Crippen LogP contribution in [0.25, 0.3) is 0 Å². The van der Waals surface area contributed by atoms with E-state index in [1.165, 1.54) is 6.92 Å². The second-order valence-corrected chi connectivity index (χ2v) is 8.53. The van der Waals surface area contributed by atoms with Gasteiger partial charge in [0.15, 0.2) is 20.0 Å². The Hall–Kier alpha value is -2.80. The van der Waals surface area contributed by atoms with Gasteiger partial charge < -0.3 is 24.8 Å². The van der Waals surface area contributed by atoms with E-state index in [-0.39, 0.29) is 98.9 Å². The molecule has 3 unspecified atom stereocenters. The first-order chi connectivity index (χ1) is 27.1. The molecule has 0 aromatic carbocycles. The van der Waals surface area contributed by atoms with Crippen molar-refractivity contribution in [1.82, 2.24) is 10.6 Å². The summed E-state index contributed by atoms with van der Waals surface area (Å²) in [4.78, 5) is 26.0. The number of hydrogen-bond donors (Lipinski definition) is 2. The van der Waals surface area contributed by atoms with E-state index >= 15 is 0 Å². The fourth-order valence-corrected chi connectivity index (χ4v) is 1.68. The van der Waals surface area contributed by atoms with E-state index in [1.54, 1.807) is 13.8 Å². The Morgan fingerprint density at radius 3 is 1.03 bits per heavy atom. The zero-order chi connectivity index (χ0) is 49.5. The molecule has 0 spiro atoms. The highest BCUT2D eigenvalue weighted by atomic mass is 19.4. The summed E-state index contributed by atoms with van der Waals surface area (Å²) in [5, 5.41) is 4.48. The predicted octanol–water partition coefficient (Wildman–Crippen LogP) is 16.3. The number of carbonyl (C=O) groups is 2. The summed E-state index contributed by atoms with van der Waals surface area (Å²) in [5.74, 6) is -0.665. The van der Waals surface area contributed by atoms with E-state index in [9.17, 15) is 106 Å². The van der Waals surface area contributed by atoms with Gasteiger partial charge >= 0.3 is 24.7 Å². The molecule has 31 heteroatoms. The molecular weight excluding hydrogens is 1000 g/mol. The number of carbonyl (C=O) groups excluding carboxylic acids is 2. The van der Waals surface area contributed by atoms with Gasteiger partial charge in [-0.25, -0.2) is 39.9 Å². The van der Waals surface area contributed by atoms with Crippen molar-refractivity contribution in [2.45, 2.75) is 145 Å². The second-order valence-electron chi connectivity index (χ2n) is 8.53. The third-order valence-corrected chi connectivity index (χ3v) is 3.38. The summed E-state index contributed by atoms with van der Waals surface area (Å²) in [7, 11) is 1.46. The number of rotatable bonds is 14. The lowest BCUT2D eigenvalue weighted by atomic mass is 10.3. The Morgan fingerprint density at radius 2 is 0.824 bits per heavy atom.